The molecule has 0 saturated carbocycles. The molecule has 0 bridgehead atoms. The Morgan fingerprint density at radius 3 is 2.44 bits per heavy atom. The first-order valence-electron chi connectivity index (χ1n) is 6.21. The van der Waals surface area contributed by atoms with E-state index in [1.807, 2.05) is 0 Å². The number of rotatable bonds is 3. The molecular weight excluding hydrogens is 358 g/mol. The number of halogens is 2. The fourth-order valence-electron chi connectivity index (χ4n) is 2.13. The summed E-state index contributed by atoms with van der Waals surface area (Å²) in [5.74, 6) is 0. The lowest BCUT2D eigenvalue weighted by Crippen LogP contribution is -2.51. The Morgan fingerprint density at radius 2 is 1.83 bits per heavy atom. The molecule has 1 saturated heterocycles. The van der Waals surface area contributed by atoms with Crippen LogP contribution in [0.4, 0.5) is 0 Å². The Labute approximate surface area is 126 Å². The van der Waals surface area contributed by atoms with Crippen molar-refractivity contribution >= 4 is 31.9 Å². The largest absolute Gasteiger partial charge is 0.304 e. The number of likely N-dealkylation sites (N-methyl/N-ethyl adjacent to an activating group) is 1. The van der Waals surface area contributed by atoms with Crippen molar-refractivity contribution in [2.45, 2.75) is 13.0 Å². The van der Waals surface area contributed by atoms with Gasteiger partial charge < -0.3 is 4.90 Å². The summed E-state index contributed by atoms with van der Waals surface area (Å²) in [4.78, 5) is 2.36. The van der Waals surface area contributed by atoms with Crippen LogP contribution in [0, 0.1) is 0 Å². The van der Waals surface area contributed by atoms with Crippen LogP contribution in [-0.4, -0.2) is 43.1 Å². The van der Waals surface area contributed by atoms with E-state index >= 15 is 0 Å². The molecule has 3 nitrogen and oxygen atoms in total. The highest BCUT2D eigenvalue weighted by Gasteiger charge is 2.17. The summed E-state index contributed by atoms with van der Waals surface area (Å²) in [5.41, 5.74) is 4.87. The molecule has 0 radical (unpaired) electrons. The Bertz CT molecular complexity index is 403. The molecule has 1 heterocycles. The first kappa shape index (κ1) is 14.5. The predicted molar refractivity (Wildman–Crippen MR) is 82.5 cm³/mol. The fraction of sp³-hybridized carbons (Fsp3) is 0.538. The molecule has 1 aliphatic heterocycles. The number of hydrogen-bond acceptors (Lipinski definition) is 3. The first-order chi connectivity index (χ1) is 8.56. The average molecular weight is 377 g/mol. The standard InChI is InChI=1S/C13H19Br2N3/c1-10(12-4-3-11(14)9-13(12)15)16-18-7-5-17(2)6-8-18/h3-4,9-10,16H,5-8H2,1-2H3. The minimum atomic E-state index is 0.316. The van der Waals surface area contributed by atoms with Gasteiger partial charge in [0.2, 0.25) is 0 Å². The van der Waals surface area contributed by atoms with Gasteiger partial charge in [0.15, 0.2) is 0 Å². The zero-order valence-electron chi connectivity index (χ0n) is 10.8. The van der Waals surface area contributed by atoms with Crippen molar-refractivity contribution in [3.05, 3.63) is 32.7 Å². The fourth-order valence-corrected chi connectivity index (χ4v) is 3.52. The molecule has 0 aliphatic carbocycles. The van der Waals surface area contributed by atoms with Gasteiger partial charge in [-0.05, 0) is 31.7 Å². The van der Waals surface area contributed by atoms with Crippen molar-refractivity contribution < 1.29 is 0 Å². The van der Waals surface area contributed by atoms with Crippen LogP contribution in [0.3, 0.4) is 0 Å². The second kappa shape index (κ2) is 6.48. The van der Waals surface area contributed by atoms with Crippen LogP contribution in [0.25, 0.3) is 0 Å². The van der Waals surface area contributed by atoms with Crippen molar-refractivity contribution in [2.24, 2.45) is 0 Å². The number of hydrazine groups is 1. The van der Waals surface area contributed by atoms with E-state index in [4.69, 9.17) is 0 Å². The van der Waals surface area contributed by atoms with Crippen molar-refractivity contribution in [1.29, 1.82) is 0 Å². The van der Waals surface area contributed by atoms with Crippen LogP contribution in [0.1, 0.15) is 18.5 Å². The summed E-state index contributed by atoms with van der Waals surface area (Å²) in [6.45, 7) is 6.61. The minimum absolute atomic E-state index is 0.316. The van der Waals surface area contributed by atoms with Gasteiger partial charge in [0.05, 0.1) is 0 Å². The summed E-state index contributed by atoms with van der Waals surface area (Å²) >= 11 is 7.11. The SMILES string of the molecule is CC(NN1CCN(C)CC1)c1ccc(Br)cc1Br. The molecule has 0 aromatic heterocycles. The Balaban J connectivity index is 1.97. The number of hydrogen-bond donors (Lipinski definition) is 1. The van der Waals surface area contributed by atoms with Gasteiger partial charge in [0.1, 0.15) is 0 Å². The zero-order chi connectivity index (χ0) is 13.1. The van der Waals surface area contributed by atoms with Crippen molar-refractivity contribution in [1.82, 2.24) is 15.3 Å². The van der Waals surface area contributed by atoms with Crippen LogP contribution in [-0.2, 0) is 0 Å². The van der Waals surface area contributed by atoms with Gasteiger partial charge in [-0.15, -0.1) is 0 Å². The van der Waals surface area contributed by atoms with Crippen LogP contribution in [0.2, 0.25) is 0 Å². The first-order valence-corrected chi connectivity index (χ1v) is 7.79. The maximum atomic E-state index is 3.63. The van der Waals surface area contributed by atoms with Gasteiger partial charge in [-0.1, -0.05) is 37.9 Å². The lowest BCUT2D eigenvalue weighted by molar-refractivity contribution is 0.0898. The minimum Gasteiger partial charge on any atom is -0.304 e. The monoisotopic (exact) mass is 375 g/mol. The molecule has 1 unspecified atom stereocenters. The van der Waals surface area contributed by atoms with Gasteiger partial charge in [-0.3, -0.25) is 0 Å². The summed E-state index contributed by atoms with van der Waals surface area (Å²) in [6.07, 6.45) is 0. The van der Waals surface area contributed by atoms with Crippen molar-refractivity contribution in [3.8, 4) is 0 Å². The smallest absolute Gasteiger partial charge is 0.0447 e. The molecule has 2 rings (SSSR count). The van der Waals surface area contributed by atoms with Gasteiger partial charge in [-0.25, -0.2) is 10.4 Å². The van der Waals surface area contributed by atoms with E-state index in [0.717, 1.165) is 35.1 Å². The third-order valence-electron chi connectivity index (χ3n) is 3.31. The molecule has 1 aromatic carbocycles. The number of benzene rings is 1. The van der Waals surface area contributed by atoms with Crippen molar-refractivity contribution in [3.63, 3.8) is 0 Å². The second-order valence-electron chi connectivity index (χ2n) is 4.81. The van der Waals surface area contributed by atoms with E-state index in [-0.39, 0.29) is 0 Å². The third kappa shape index (κ3) is 3.78. The Morgan fingerprint density at radius 1 is 1.17 bits per heavy atom. The molecule has 18 heavy (non-hydrogen) atoms. The van der Waals surface area contributed by atoms with Crippen LogP contribution in [0.15, 0.2) is 27.1 Å². The highest BCUT2D eigenvalue weighted by Crippen LogP contribution is 2.26. The third-order valence-corrected chi connectivity index (χ3v) is 4.49. The molecule has 0 amide bonds. The summed E-state index contributed by atoms with van der Waals surface area (Å²) < 4.78 is 2.25. The van der Waals surface area contributed by atoms with Crippen molar-refractivity contribution in [2.75, 3.05) is 33.2 Å². The topological polar surface area (TPSA) is 18.5 Å². The van der Waals surface area contributed by atoms with Gasteiger partial charge in [0, 0.05) is 41.2 Å². The van der Waals surface area contributed by atoms with Gasteiger partial charge in [-0.2, -0.15) is 0 Å². The molecule has 1 fully saturated rings. The number of piperazine rings is 1. The van der Waals surface area contributed by atoms with E-state index in [9.17, 15) is 0 Å². The quantitative estimate of drug-likeness (QED) is 0.874. The molecular formula is C13H19Br2N3. The van der Waals surface area contributed by atoms with Gasteiger partial charge >= 0.3 is 0 Å². The van der Waals surface area contributed by atoms with E-state index in [1.54, 1.807) is 0 Å². The maximum absolute atomic E-state index is 3.63. The Kier molecular flexibility index (Phi) is 5.21. The highest BCUT2D eigenvalue weighted by atomic mass is 79.9. The molecule has 5 heteroatoms. The van der Waals surface area contributed by atoms with E-state index < -0.39 is 0 Å². The lowest BCUT2D eigenvalue weighted by Gasteiger charge is -2.34. The summed E-state index contributed by atoms with van der Waals surface area (Å²) in [7, 11) is 2.17. The summed E-state index contributed by atoms with van der Waals surface area (Å²) in [6, 6.07) is 6.65. The van der Waals surface area contributed by atoms with Crippen LogP contribution in [0.5, 0.6) is 0 Å². The number of nitrogens with zero attached hydrogens (tertiary/aromatic N) is 2. The zero-order valence-corrected chi connectivity index (χ0v) is 14.0. The highest BCUT2D eigenvalue weighted by molar-refractivity contribution is 9.11. The Hall–Kier alpha value is 0.0600. The molecule has 1 aliphatic rings. The maximum Gasteiger partial charge on any atom is 0.0447 e. The average Bonchev–Trinajstić information content (AvgIpc) is 2.32. The lowest BCUT2D eigenvalue weighted by atomic mass is 10.1. The van der Waals surface area contributed by atoms with E-state index in [0.29, 0.717) is 6.04 Å². The molecule has 0 spiro atoms. The molecule has 1 atom stereocenters. The van der Waals surface area contributed by atoms with E-state index in [2.05, 4.69) is 79.4 Å². The van der Waals surface area contributed by atoms with E-state index in [1.165, 1.54) is 5.56 Å². The molecule has 1 N–H and O–H groups in total. The predicted octanol–water partition coefficient (Wildman–Crippen LogP) is 3.02. The van der Waals surface area contributed by atoms with Crippen LogP contribution < -0.4 is 5.43 Å². The van der Waals surface area contributed by atoms with Gasteiger partial charge in [0.25, 0.3) is 0 Å². The normalized spacial score (nSPS) is 20.0. The second-order valence-corrected chi connectivity index (χ2v) is 6.58. The summed E-state index contributed by atoms with van der Waals surface area (Å²) in [5, 5.41) is 2.32. The molecule has 1 aromatic rings. The van der Waals surface area contributed by atoms with Crippen LogP contribution >= 0.6 is 31.9 Å². The number of nitrogens with one attached hydrogen (secondary N) is 1. The molecule has 100 valence electrons.